The molecule has 23 heavy (non-hydrogen) atoms. The van der Waals surface area contributed by atoms with E-state index in [-0.39, 0.29) is 6.61 Å². The van der Waals surface area contributed by atoms with Gasteiger partial charge in [0.05, 0.1) is 5.02 Å². The van der Waals surface area contributed by atoms with Gasteiger partial charge in [-0.1, -0.05) is 41.9 Å². The first-order valence-electron chi connectivity index (χ1n) is 7.25. The number of hydrogen-bond donors (Lipinski definition) is 1. The Morgan fingerprint density at radius 3 is 2.52 bits per heavy atom. The van der Waals surface area contributed by atoms with Crippen molar-refractivity contribution >= 4 is 23.1 Å². The van der Waals surface area contributed by atoms with Crippen molar-refractivity contribution in [2.45, 2.75) is 13.5 Å². The second-order valence-electron chi connectivity index (χ2n) is 5.02. The maximum Gasteiger partial charge on any atom is 0.168 e. The number of rotatable bonds is 5. The summed E-state index contributed by atoms with van der Waals surface area (Å²) in [6, 6.07) is 19.1. The van der Waals surface area contributed by atoms with Crippen LogP contribution in [0.4, 0.5) is 11.5 Å². The summed E-state index contributed by atoms with van der Waals surface area (Å²) in [7, 11) is 0. The number of para-hydroxylation sites is 2. The van der Waals surface area contributed by atoms with Gasteiger partial charge in [0.1, 0.15) is 18.2 Å². The van der Waals surface area contributed by atoms with Crippen molar-refractivity contribution in [1.82, 2.24) is 9.97 Å². The lowest BCUT2D eigenvalue weighted by atomic mass is 10.3. The van der Waals surface area contributed by atoms with E-state index in [1.165, 1.54) is 0 Å². The standard InChI is InChI=1S/C18H16ClN3O/c1-13-11-17(21-14-7-3-2-4-8-14)22-18(20-13)12-23-16-10-6-5-9-15(16)19/h2-11H,12H2,1H3,(H,20,21,22). The summed E-state index contributed by atoms with van der Waals surface area (Å²) in [5.74, 6) is 1.96. The van der Waals surface area contributed by atoms with Crippen molar-refractivity contribution in [2.75, 3.05) is 5.32 Å². The van der Waals surface area contributed by atoms with Crippen molar-refractivity contribution in [3.63, 3.8) is 0 Å². The van der Waals surface area contributed by atoms with Gasteiger partial charge in [0.25, 0.3) is 0 Å². The summed E-state index contributed by atoms with van der Waals surface area (Å²) < 4.78 is 5.70. The fourth-order valence-electron chi connectivity index (χ4n) is 2.13. The fourth-order valence-corrected chi connectivity index (χ4v) is 2.32. The van der Waals surface area contributed by atoms with Crippen LogP contribution in [0.2, 0.25) is 5.02 Å². The SMILES string of the molecule is Cc1cc(Nc2ccccc2)nc(COc2ccccc2Cl)n1. The first-order valence-corrected chi connectivity index (χ1v) is 7.62. The van der Waals surface area contributed by atoms with Crippen LogP contribution in [0.1, 0.15) is 11.5 Å². The molecule has 0 saturated carbocycles. The number of anilines is 2. The van der Waals surface area contributed by atoms with Gasteiger partial charge in [-0.25, -0.2) is 9.97 Å². The van der Waals surface area contributed by atoms with Crippen LogP contribution in [0.25, 0.3) is 0 Å². The highest BCUT2D eigenvalue weighted by Gasteiger charge is 2.06. The number of nitrogens with one attached hydrogen (secondary N) is 1. The van der Waals surface area contributed by atoms with Gasteiger partial charge in [-0.15, -0.1) is 0 Å². The van der Waals surface area contributed by atoms with Gasteiger partial charge in [-0.05, 0) is 31.2 Å². The first-order chi connectivity index (χ1) is 11.2. The second-order valence-corrected chi connectivity index (χ2v) is 5.43. The maximum atomic E-state index is 6.08. The number of aromatic nitrogens is 2. The molecule has 0 fully saturated rings. The summed E-state index contributed by atoms with van der Waals surface area (Å²) >= 11 is 6.08. The number of halogens is 1. The molecule has 0 aliphatic heterocycles. The number of ether oxygens (including phenoxy) is 1. The molecule has 3 rings (SSSR count). The Kier molecular flexibility index (Phi) is 4.74. The molecule has 0 amide bonds. The van der Waals surface area contributed by atoms with E-state index in [0.29, 0.717) is 16.6 Å². The van der Waals surface area contributed by atoms with E-state index in [1.54, 1.807) is 6.07 Å². The monoisotopic (exact) mass is 325 g/mol. The average molecular weight is 326 g/mol. The molecule has 5 heteroatoms. The van der Waals surface area contributed by atoms with E-state index in [4.69, 9.17) is 16.3 Å². The summed E-state index contributed by atoms with van der Waals surface area (Å²) in [5.41, 5.74) is 1.85. The van der Waals surface area contributed by atoms with Crippen LogP contribution in [-0.2, 0) is 6.61 Å². The minimum Gasteiger partial charge on any atom is -0.484 e. The fraction of sp³-hybridized carbons (Fsp3) is 0.111. The molecule has 0 atom stereocenters. The molecular formula is C18H16ClN3O. The Bertz CT molecular complexity index is 793. The molecule has 1 N–H and O–H groups in total. The lowest BCUT2D eigenvalue weighted by Gasteiger charge is -2.10. The lowest BCUT2D eigenvalue weighted by Crippen LogP contribution is -2.05. The van der Waals surface area contributed by atoms with Gasteiger partial charge in [0.15, 0.2) is 5.82 Å². The third kappa shape index (κ3) is 4.20. The predicted molar refractivity (Wildman–Crippen MR) is 92.3 cm³/mol. The van der Waals surface area contributed by atoms with Gasteiger partial charge in [0.2, 0.25) is 0 Å². The van der Waals surface area contributed by atoms with Gasteiger partial charge >= 0.3 is 0 Å². The number of aryl methyl sites for hydroxylation is 1. The molecule has 0 unspecified atom stereocenters. The number of hydrogen-bond acceptors (Lipinski definition) is 4. The highest BCUT2D eigenvalue weighted by Crippen LogP contribution is 2.24. The summed E-state index contributed by atoms with van der Waals surface area (Å²) in [4.78, 5) is 8.88. The molecule has 4 nitrogen and oxygen atoms in total. The second kappa shape index (κ2) is 7.11. The van der Waals surface area contributed by atoms with Gasteiger partial charge in [0, 0.05) is 17.4 Å². The Labute approximate surface area is 140 Å². The Morgan fingerprint density at radius 2 is 1.74 bits per heavy atom. The quantitative estimate of drug-likeness (QED) is 0.734. The van der Waals surface area contributed by atoms with Gasteiger partial charge in [-0.2, -0.15) is 0 Å². The molecule has 0 bridgehead atoms. The molecule has 0 saturated heterocycles. The number of benzene rings is 2. The molecular weight excluding hydrogens is 310 g/mol. The van der Waals surface area contributed by atoms with Crippen molar-refractivity contribution in [2.24, 2.45) is 0 Å². The molecule has 1 heterocycles. The van der Waals surface area contributed by atoms with Crippen LogP contribution in [0.15, 0.2) is 60.7 Å². The number of nitrogens with zero attached hydrogens (tertiary/aromatic N) is 2. The van der Waals surface area contributed by atoms with E-state index in [9.17, 15) is 0 Å². The molecule has 116 valence electrons. The van der Waals surface area contributed by atoms with Crippen molar-refractivity contribution < 1.29 is 4.74 Å². The topological polar surface area (TPSA) is 47.0 Å². The van der Waals surface area contributed by atoms with Crippen molar-refractivity contribution in [3.05, 3.63) is 77.2 Å². The minimum atomic E-state index is 0.259. The average Bonchev–Trinajstić information content (AvgIpc) is 2.54. The van der Waals surface area contributed by atoms with E-state index < -0.39 is 0 Å². The lowest BCUT2D eigenvalue weighted by molar-refractivity contribution is 0.296. The zero-order chi connectivity index (χ0) is 16.1. The van der Waals surface area contributed by atoms with E-state index in [1.807, 2.05) is 61.5 Å². The highest BCUT2D eigenvalue weighted by molar-refractivity contribution is 6.32. The summed E-state index contributed by atoms with van der Waals surface area (Å²) in [6.45, 7) is 2.19. The third-order valence-corrected chi connectivity index (χ3v) is 3.45. The van der Waals surface area contributed by atoms with Gasteiger partial charge in [-0.3, -0.25) is 0 Å². The van der Waals surface area contributed by atoms with E-state index in [0.717, 1.165) is 17.2 Å². The Morgan fingerprint density at radius 1 is 1.00 bits per heavy atom. The molecule has 0 radical (unpaired) electrons. The third-order valence-electron chi connectivity index (χ3n) is 3.14. The summed E-state index contributed by atoms with van der Waals surface area (Å²) in [5, 5.41) is 3.83. The van der Waals surface area contributed by atoms with Crippen LogP contribution in [-0.4, -0.2) is 9.97 Å². The Balaban J connectivity index is 1.74. The van der Waals surface area contributed by atoms with Crippen LogP contribution < -0.4 is 10.1 Å². The van der Waals surface area contributed by atoms with Crippen molar-refractivity contribution in [3.8, 4) is 5.75 Å². The smallest absolute Gasteiger partial charge is 0.168 e. The molecule has 0 aliphatic carbocycles. The highest BCUT2D eigenvalue weighted by atomic mass is 35.5. The minimum absolute atomic E-state index is 0.259. The summed E-state index contributed by atoms with van der Waals surface area (Å²) in [6.07, 6.45) is 0. The molecule has 2 aromatic carbocycles. The normalized spacial score (nSPS) is 10.3. The van der Waals surface area contributed by atoms with E-state index >= 15 is 0 Å². The zero-order valence-electron chi connectivity index (χ0n) is 12.7. The predicted octanol–water partition coefficient (Wildman–Crippen LogP) is 4.76. The van der Waals surface area contributed by atoms with Crippen LogP contribution in [0.5, 0.6) is 5.75 Å². The van der Waals surface area contributed by atoms with Crippen LogP contribution in [0.3, 0.4) is 0 Å². The van der Waals surface area contributed by atoms with Crippen molar-refractivity contribution in [1.29, 1.82) is 0 Å². The largest absolute Gasteiger partial charge is 0.484 e. The zero-order valence-corrected chi connectivity index (χ0v) is 13.4. The molecule has 3 aromatic rings. The first kappa shape index (κ1) is 15.3. The molecule has 0 spiro atoms. The molecule has 0 aliphatic rings. The van der Waals surface area contributed by atoms with Gasteiger partial charge < -0.3 is 10.1 Å². The van der Waals surface area contributed by atoms with Crippen LogP contribution >= 0.6 is 11.6 Å². The van der Waals surface area contributed by atoms with Crippen LogP contribution in [0, 0.1) is 6.92 Å². The Hall–Kier alpha value is -2.59. The molecule has 1 aromatic heterocycles. The van der Waals surface area contributed by atoms with E-state index in [2.05, 4.69) is 15.3 Å². The maximum absolute atomic E-state index is 6.08.